The maximum atomic E-state index is 12.0. The molecule has 0 aromatic carbocycles. The number of rotatable bonds is 35. The van der Waals surface area contributed by atoms with Crippen LogP contribution in [-0.2, 0) is 28.4 Å². The van der Waals surface area contributed by atoms with Gasteiger partial charge in [-0.15, -0.1) is 0 Å². The number of quaternary nitrogens is 4. The Labute approximate surface area is 467 Å². The predicted octanol–water partition coefficient (Wildman–Crippen LogP) is 4.09. The molecule has 0 aromatic rings. The smallest absolute Gasteiger partial charge is 0.126 e. The zero-order valence-electron chi connectivity index (χ0n) is 49.8. The van der Waals surface area contributed by atoms with Gasteiger partial charge in [-0.1, -0.05) is 32.6 Å². The van der Waals surface area contributed by atoms with Crippen LogP contribution in [0.1, 0.15) is 142 Å². The van der Waals surface area contributed by atoms with E-state index < -0.39 is 61.0 Å². The highest BCUT2D eigenvalue weighted by Gasteiger charge is 2.43. The Morgan fingerprint density at radius 3 is 1.06 bits per heavy atom. The summed E-state index contributed by atoms with van der Waals surface area (Å²) in [4.78, 5) is 2.29. The van der Waals surface area contributed by atoms with Crippen LogP contribution in [-0.4, -0.2) is 294 Å². The van der Waals surface area contributed by atoms with Crippen molar-refractivity contribution in [2.24, 2.45) is 5.41 Å². The Morgan fingerprint density at radius 2 is 0.675 bits per heavy atom. The molecule has 77 heavy (non-hydrogen) atoms. The summed E-state index contributed by atoms with van der Waals surface area (Å²) in [6.45, 7) is 14.7. The van der Waals surface area contributed by atoms with Crippen LogP contribution in [0.3, 0.4) is 0 Å². The summed E-state index contributed by atoms with van der Waals surface area (Å²) in [5, 5.41) is 70.7. The van der Waals surface area contributed by atoms with Crippen molar-refractivity contribution in [1.29, 1.82) is 0 Å². The van der Waals surface area contributed by atoms with Gasteiger partial charge in [0.15, 0.2) is 0 Å². The number of aliphatic hydroxyl groups excluding tert-OH is 6. The van der Waals surface area contributed by atoms with Crippen molar-refractivity contribution < 1.29 is 77.0 Å². The van der Waals surface area contributed by atoms with Gasteiger partial charge in [0, 0.05) is 6.54 Å². The molecule has 5 heterocycles. The molecule has 6 aliphatic rings. The van der Waals surface area contributed by atoms with Gasteiger partial charge in [-0.3, -0.25) is 0 Å². The number of ether oxygens (including phenoxy) is 6. The Kier molecular flexibility index (Phi) is 28.0. The van der Waals surface area contributed by atoms with Crippen LogP contribution in [0.15, 0.2) is 0 Å². The van der Waals surface area contributed by atoms with Crippen LogP contribution in [0.5, 0.6) is 0 Å². The molecule has 6 rings (SSSR count). The van der Waals surface area contributed by atoms with Crippen LogP contribution in [0.2, 0.25) is 0 Å². The summed E-state index contributed by atoms with van der Waals surface area (Å²) in [6, 6.07) is 0. The van der Waals surface area contributed by atoms with Gasteiger partial charge in [-0.2, -0.15) is 0 Å². The van der Waals surface area contributed by atoms with E-state index in [1.54, 1.807) is 0 Å². The highest BCUT2D eigenvalue weighted by atomic mass is 16.6. The van der Waals surface area contributed by atoms with E-state index in [2.05, 4.69) is 40.0 Å². The van der Waals surface area contributed by atoms with Gasteiger partial charge in [-0.05, 0) is 128 Å². The highest BCUT2D eigenvalue weighted by molar-refractivity contribution is 4.89. The molecule has 6 fully saturated rings. The SMILES string of the molecule is CC1(CC(O)COC(COCC(O)C[N+]2(C)CCCCC2)C(OCC(O)C[N+]2(C)CCCCC2)C(OCC(O)C[N+]2(C)CCCCC2)C(COCC(O)CN2CCCCC2)OCC(O)C[N+]2(C)CCCCC2)CCCCC1. The lowest BCUT2D eigenvalue weighted by atomic mass is 9.72. The number of nitrogens with zero attached hydrogens (tertiary/aromatic N) is 5. The Hall–Kier alpha value is -0.680. The second-order valence-electron chi connectivity index (χ2n) is 27.5. The lowest BCUT2D eigenvalue weighted by Gasteiger charge is -2.42. The average molecular weight is 1100 g/mol. The Bertz CT molecular complexity index is 1570. The van der Waals surface area contributed by atoms with Crippen molar-refractivity contribution in [2.75, 3.05) is 179 Å². The van der Waals surface area contributed by atoms with Crippen molar-refractivity contribution in [1.82, 2.24) is 4.90 Å². The van der Waals surface area contributed by atoms with E-state index in [4.69, 9.17) is 28.4 Å². The molecule has 0 bridgehead atoms. The quantitative estimate of drug-likeness (QED) is 0.0501. The normalized spacial score (nSPS) is 26.8. The fourth-order valence-corrected chi connectivity index (χ4v) is 14.7. The van der Waals surface area contributed by atoms with E-state index in [1.807, 2.05) is 0 Å². The fraction of sp³-hybridized carbons (Fsp3) is 1.00. The molecule has 1 aliphatic carbocycles. The predicted molar refractivity (Wildman–Crippen MR) is 301 cm³/mol. The molecule has 17 heteroatoms. The summed E-state index contributed by atoms with van der Waals surface area (Å²) < 4.78 is 44.1. The topological polar surface area (TPSA) is 180 Å². The maximum absolute atomic E-state index is 12.0. The van der Waals surface area contributed by atoms with E-state index in [9.17, 15) is 30.6 Å². The summed E-state index contributed by atoms with van der Waals surface area (Å²) in [5.41, 5.74) is -0.00352. The molecule has 5 aliphatic heterocycles. The molecule has 0 radical (unpaired) electrons. The van der Waals surface area contributed by atoms with E-state index >= 15 is 0 Å². The fourth-order valence-electron chi connectivity index (χ4n) is 14.7. The minimum atomic E-state index is -1.00. The first-order valence-electron chi connectivity index (χ1n) is 31.6. The minimum Gasteiger partial charge on any atom is -0.391 e. The van der Waals surface area contributed by atoms with Gasteiger partial charge in [0.2, 0.25) is 0 Å². The molecule has 452 valence electrons. The number of likely N-dealkylation sites (N-methyl/N-ethyl adjacent to an activating group) is 4. The lowest BCUT2D eigenvalue weighted by molar-refractivity contribution is -0.917. The summed E-state index contributed by atoms with van der Waals surface area (Å²) in [6.07, 6.45) is 14.9. The van der Waals surface area contributed by atoms with Crippen LogP contribution in [0, 0.1) is 5.41 Å². The number of likely N-dealkylation sites (tertiary alicyclic amines) is 5. The zero-order chi connectivity index (χ0) is 55.2. The van der Waals surface area contributed by atoms with Gasteiger partial charge < -0.3 is 81.9 Å². The standard InChI is InChI=1S/C60H119N5O12/c1-60(24-12-6-13-25-60)36-50(66)44-74-56(49-73-43-52(68)38-62(2)28-16-8-17-29-62)58(76-46-54(70)40-64(4)32-20-10-21-33-64)59(77-47-55(71)41-65(5)34-22-11-23-35-65)57(48-72-42-51(67)37-61-26-14-7-15-27-61)75-45-53(69)39-63(3)30-18-9-19-31-63/h50-59,66-71H,6-49H2,1-5H3/q+4. The first kappa shape index (κ1) is 65.5. The molecule has 5 saturated heterocycles. The van der Waals surface area contributed by atoms with Crippen molar-refractivity contribution in [3.8, 4) is 0 Å². The number of hydrogen-bond acceptors (Lipinski definition) is 13. The molecule has 0 spiro atoms. The highest BCUT2D eigenvalue weighted by Crippen LogP contribution is 2.40. The summed E-state index contributed by atoms with van der Waals surface area (Å²) in [7, 11) is 8.85. The molecule has 0 amide bonds. The molecule has 10 unspecified atom stereocenters. The minimum absolute atomic E-state index is 0.00352. The third-order valence-electron chi connectivity index (χ3n) is 19.1. The molecular weight excluding hydrogens is 983 g/mol. The van der Waals surface area contributed by atoms with Crippen molar-refractivity contribution >= 4 is 0 Å². The number of piperidine rings is 5. The number of hydrogen-bond donors (Lipinski definition) is 6. The van der Waals surface area contributed by atoms with Crippen molar-refractivity contribution in [3.63, 3.8) is 0 Å². The van der Waals surface area contributed by atoms with Gasteiger partial charge in [0.25, 0.3) is 0 Å². The zero-order valence-corrected chi connectivity index (χ0v) is 49.8. The molecule has 0 aromatic heterocycles. The van der Waals surface area contributed by atoms with Crippen LogP contribution in [0.25, 0.3) is 0 Å². The Balaban J connectivity index is 1.33. The van der Waals surface area contributed by atoms with E-state index in [0.29, 0.717) is 39.1 Å². The molecule has 10 atom stereocenters. The second-order valence-corrected chi connectivity index (χ2v) is 27.5. The first-order valence-corrected chi connectivity index (χ1v) is 31.6. The first-order chi connectivity index (χ1) is 36.8. The average Bonchev–Trinajstić information content (AvgIpc) is 3.38. The largest absolute Gasteiger partial charge is 0.391 e. The van der Waals surface area contributed by atoms with Gasteiger partial charge in [-0.25, -0.2) is 0 Å². The number of β-amino-alcohol motifs (C(OH)–C–C–N with tert-alkyl or cyclic N) is 1. The van der Waals surface area contributed by atoms with Crippen molar-refractivity contribution in [2.45, 2.75) is 203 Å². The molecule has 6 N–H and O–H groups in total. The van der Waals surface area contributed by atoms with Gasteiger partial charge in [0.1, 0.15) is 75.0 Å². The third kappa shape index (κ3) is 23.8. The number of aliphatic hydroxyl groups is 6. The second kappa shape index (κ2) is 33.0. The van der Waals surface area contributed by atoms with E-state index in [0.717, 1.165) is 173 Å². The molecule has 1 saturated carbocycles. The van der Waals surface area contributed by atoms with Gasteiger partial charge >= 0.3 is 0 Å². The van der Waals surface area contributed by atoms with Crippen molar-refractivity contribution in [3.05, 3.63) is 0 Å². The summed E-state index contributed by atoms with van der Waals surface area (Å²) >= 11 is 0. The molecule has 17 nitrogen and oxygen atoms in total. The molecular formula is C60H119N5O12+4. The summed E-state index contributed by atoms with van der Waals surface area (Å²) in [5.74, 6) is 0. The van der Waals surface area contributed by atoms with E-state index in [-0.39, 0.29) is 58.3 Å². The lowest BCUT2D eigenvalue weighted by Crippen LogP contribution is -2.57. The third-order valence-corrected chi connectivity index (χ3v) is 19.1. The maximum Gasteiger partial charge on any atom is 0.126 e. The van der Waals surface area contributed by atoms with Crippen LogP contribution < -0.4 is 0 Å². The van der Waals surface area contributed by atoms with Crippen LogP contribution >= 0.6 is 0 Å². The van der Waals surface area contributed by atoms with E-state index in [1.165, 1.54) is 38.5 Å². The van der Waals surface area contributed by atoms with Gasteiger partial charge in [0.05, 0.1) is 146 Å². The Morgan fingerprint density at radius 1 is 0.364 bits per heavy atom. The van der Waals surface area contributed by atoms with Crippen LogP contribution in [0.4, 0.5) is 0 Å². The monoisotopic (exact) mass is 1100 g/mol.